The average Bonchev–Trinajstić information content (AvgIpc) is 2.55. The molecule has 0 N–H and O–H groups in total. The Kier molecular flexibility index (Phi) is 2.72. The summed E-state index contributed by atoms with van der Waals surface area (Å²) in [4.78, 5) is 9.20. The third kappa shape index (κ3) is 2.06. The molecule has 1 aliphatic heterocycles. The molecule has 1 aromatic heterocycles. The summed E-state index contributed by atoms with van der Waals surface area (Å²) >= 11 is 0. The van der Waals surface area contributed by atoms with Crippen LogP contribution < -0.4 is 0 Å². The summed E-state index contributed by atoms with van der Waals surface area (Å²) in [7, 11) is 0. The number of rotatable bonds is 1. The Labute approximate surface area is 103 Å². The third-order valence-corrected chi connectivity index (χ3v) is 3.36. The quantitative estimate of drug-likeness (QED) is 0.746. The SMILES string of the molecule is Cc1nc(C)c(C2=NC(C)(C)CO2)c(C)c1C. The number of hydrogen-bond acceptors (Lipinski definition) is 3. The van der Waals surface area contributed by atoms with Gasteiger partial charge in [-0.25, -0.2) is 4.99 Å². The van der Waals surface area contributed by atoms with E-state index in [1.807, 2.05) is 13.8 Å². The molecule has 0 spiro atoms. The summed E-state index contributed by atoms with van der Waals surface area (Å²) in [5, 5.41) is 0. The zero-order chi connectivity index (χ0) is 12.8. The van der Waals surface area contributed by atoms with Crippen LogP contribution in [0.5, 0.6) is 0 Å². The van der Waals surface area contributed by atoms with Crippen molar-refractivity contribution in [3.63, 3.8) is 0 Å². The Hall–Kier alpha value is -1.38. The van der Waals surface area contributed by atoms with Crippen LogP contribution in [-0.4, -0.2) is 23.0 Å². The standard InChI is InChI=1S/C14H20N2O/c1-8-9(2)12(11(4)15-10(8)3)13-16-14(5,6)7-17-13/h7H2,1-6H3. The van der Waals surface area contributed by atoms with E-state index >= 15 is 0 Å². The number of ether oxygens (including phenoxy) is 1. The number of hydrogen-bond donors (Lipinski definition) is 0. The lowest BCUT2D eigenvalue weighted by Gasteiger charge is -2.13. The molecule has 0 aliphatic carbocycles. The van der Waals surface area contributed by atoms with Crippen LogP contribution in [0.25, 0.3) is 0 Å². The van der Waals surface area contributed by atoms with Crippen molar-refractivity contribution in [2.45, 2.75) is 47.1 Å². The summed E-state index contributed by atoms with van der Waals surface area (Å²) in [6, 6.07) is 0. The van der Waals surface area contributed by atoms with Gasteiger partial charge >= 0.3 is 0 Å². The number of nitrogens with zero attached hydrogens (tertiary/aromatic N) is 2. The highest BCUT2D eigenvalue weighted by Crippen LogP contribution is 2.26. The summed E-state index contributed by atoms with van der Waals surface area (Å²) < 4.78 is 5.72. The van der Waals surface area contributed by atoms with E-state index in [0.717, 1.165) is 22.8 Å². The maximum Gasteiger partial charge on any atom is 0.218 e. The van der Waals surface area contributed by atoms with Gasteiger partial charge in [-0.15, -0.1) is 0 Å². The minimum absolute atomic E-state index is 0.118. The highest BCUT2D eigenvalue weighted by atomic mass is 16.5. The van der Waals surface area contributed by atoms with Gasteiger partial charge < -0.3 is 4.74 Å². The normalized spacial score (nSPS) is 17.9. The second-order valence-corrected chi connectivity index (χ2v) is 5.43. The first-order valence-electron chi connectivity index (χ1n) is 5.99. The van der Waals surface area contributed by atoms with Crippen LogP contribution in [0.2, 0.25) is 0 Å². The van der Waals surface area contributed by atoms with E-state index in [1.165, 1.54) is 11.1 Å². The Morgan fingerprint density at radius 2 is 1.65 bits per heavy atom. The van der Waals surface area contributed by atoms with Crippen LogP contribution in [0, 0.1) is 27.7 Å². The lowest BCUT2D eigenvalue weighted by atomic mass is 10.0. The van der Waals surface area contributed by atoms with Crippen LogP contribution in [0.15, 0.2) is 4.99 Å². The molecular formula is C14H20N2O. The molecule has 0 saturated carbocycles. The maximum atomic E-state index is 5.72. The zero-order valence-corrected chi connectivity index (χ0v) is 11.5. The van der Waals surface area contributed by atoms with Gasteiger partial charge in [0, 0.05) is 5.69 Å². The fraction of sp³-hybridized carbons (Fsp3) is 0.571. The van der Waals surface area contributed by atoms with Crippen LogP contribution in [-0.2, 0) is 4.74 Å². The molecule has 0 saturated heterocycles. The average molecular weight is 232 g/mol. The number of aliphatic imine (C=N–C) groups is 1. The Morgan fingerprint density at radius 3 is 2.18 bits per heavy atom. The largest absolute Gasteiger partial charge is 0.475 e. The first kappa shape index (κ1) is 12.1. The van der Waals surface area contributed by atoms with Gasteiger partial charge in [0.1, 0.15) is 6.61 Å². The number of aromatic nitrogens is 1. The molecule has 0 fully saturated rings. The van der Waals surface area contributed by atoms with E-state index in [4.69, 9.17) is 4.74 Å². The van der Waals surface area contributed by atoms with Crippen molar-refractivity contribution in [3.05, 3.63) is 28.1 Å². The number of pyridine rings is 1. The molecule has 1 aliphatic rings. The molecule has 3 nitrogen and oxygen atoms in total. The van der Waals surface area contributed by atoms with Gasteiger partial charge in [0.25, 0.3) is 0 Å². The summed E-state index contributed by atoms with van der Waals surface area (Å²) in [5.41, 5.74) is 5.49. The third-order valence-electron chi connectivity index (χ3n) is 3.36. The van der Waals surface area contributed by atoms with E-state index in [9.17, 15) is 0 Å². The molecule has 0 amide bonds. The lowest BCUT2D eigenvalue weighted by molar-refractivity contribution is 0.279. The molecule has 0 unspecified atom stereocenters. The molecule has 0 radical (unpaired) electrons. The minimum atomic E-state index is -0.118. The van der Waals surface area contributed by atoms with Crippen molar-refractivity contribution >= 4 is 5.90 Å². The molecule has 2 heterocycles. The van der Waals surface area contributed by atoms with Crippen molar-refractivity contribution in [2.24, 2.45) is 4.99 Å². The van der Waals surface area contributed by atoms with Gasteiger partial charge in [-0.1, -0.05) is 0 Å². The predicted octanol–water partition coefficient (Wildman–Crippen LogP) is 2.87. The van der Waals surface area contributed by atoms with Gasteiger partial charge in [-0.05, 0) is 52.7 Å². The molecular weight excluding hydrogens is 212 g/mol. The van der Waals surface area contributed by atoms with Crippen LogP contribution in [0.3, 0.4) is 0 Å². The van der Waals surface area contributed by atoms with E-state index in [0.29, 0.717) is 6.61 Å². The monoisotopic (exact) mass is 232 g/mol. The van der Waals surface area contributed by atoms with E-state index in [1.54, 1.807) is 0 Å². The second kappa shape index (κ2) is 3.83. The van der Waals surface area contributed by atoms with Crippen molar-refractivity contribution in [1.82, 2.24) is 4.98 Å². The highest BCUT2D eigenvalue weighted by molar-refractivity contribution is 5.98. The molecule has 17 heavy (non-hydrogen) atoms. The molecule has 0 atom stereocenters. The molecule has 2 rings (SSSR count). The van der Waals surface area contributed by atoms with Gasteiger partial charge in [-0.3, -0.25) is 4.98 Å². The van der Waals surface area contributed by atoms with Gasteiger partial charge in [0.2, 0.25) is 5.90 Å². The predicted molar refractivity (Wildman–Crippen MR) is 69.8 cm³/mol. The van der Waals surface area contributed by atoms with Gasteiger partial charge in [0.05, 0.1) is 16.8 Å². The number of aryl methyl sites for hydroxylation is 2. The van der Waals surface area contributed by atoms with Crippen molar-refractivity contribution < 1.29 is 4.74 Å². The summed E-state index contributed by atoms with van der Waals surface area (Å²) in [6.07, 6.45) is 0. The second-order valence-electron chi connectivity index (χ2n) is 5.43. The smallest absolute Gasteiger partial charge is 0.218 e. The van der Waals surface area contributed by atoms with Crippen LogP contribution >= 0.6 is 0 Å². The van der Waals surface area contributed by atoms with Crippen molar-refractivity contribution in [1.29, 1.82) is 0 Å². The van der Waals surface area contributed by atoms with E-state index in [-0.39, 0.29) is 5.54 Å². The molecule has 3 heteroatoms. The first-order chi connectivity index (χ1) is 7.82. The van der Waals surface area contributed by atoms with Gasteiger partial charge in [0.15, 0.2) is 0 Å². The Bertz CT molecular complexity index is 501. The topological polar surface area (TPSA) is 34.5 Å². The Balaban J connectivity index is 2.58. The van der Waals surface area contributed by atoms with E-state index < -0.39 is 0 Å². The zero-order valence-electron chi connectivity index (χ0n) is 11.5. The molecule has 1 aromatic rings. The summed E-state index contributed by atoms with van der Waals surface area (Å²) in [6.45, 7) is 13.1. The maximum absolute atomic E-state index is 5.72. The molecule has 92 valence electrons. The molecule has 0 bridgehead atoms. The van der Waals surface area contributed by atoms with Crippen molar-refractivity contribution in [3.8, 4) is 0 Å². The Morgan fingerprint density at radius 1 is 1.00 bits per heavy atom. The van der Waals surface area contributed by atoms with Crippen LogP contribution in [0.4, 0.5) is 0 Å². The summed E-state index contributed by atoms with van der Waals surface area (Å²) in [5.74, 6) is 0.751. The van der Waals surface area contributed by atoms with Gasteiger partial charge in [-0.2, -0.15) is 0 Å². The highest BCUT2D eigenvalue weighted by Gasteiger charge is 2.29. The minimum Gasteiger partial charge on any atom is -0.475 e. The van der Waals surface area contributed by atoms with Crippen LogP contribution in [0.1, 0.15) is 41.9 Å². The fourth-order valence-corrected chi connectivity index (χ4v) is 2.15. The van der Waals surface area contributed by atoms with Crippen molar-refractivity contribution in [2.75, 3.05) is 6.61 Å². The van der Waals surface area contributed by atoms with E-state index in [2.05, 4.69) is 37.7 Å². The molecule has 0 aromatic carbocycles. The fourth-order valence-electron chi connectivity index (χ4n) is 2.15. The first-order valence-corrected chi connectivity index (χ1v) is 5.99. The lowest BCUT2D eigenvalue weighted by Crippen LogP contribution is -2.17.